The highest BCUT2D eigenvalue weighted by Gasteiger charge is 2.15. The number of carbonyl (C=O) groups is 2. The number of halogens is 1. The summed E-state index contributed by atoms with van der Waals surface area (Å²) < 4.78 is 0. The standard InChI is InChI=1S/C15H19ClN2O3/c16-12-7-11(15(20)21)8-13(9-12)18-14(19)2-1-10-3-5-17-6-4-10/h7-10,17H,1-6H2,(H,18,19)(H,20,21). The van der Waals surface area contributed by atoms with E-state index >= 15 is 0 Å². The number of carbonyl (C=O) groups excluding carboxylic acids is 1. The van der Waals surface area contributed by atoms with Crippen molar-refractivity contribution in [3.8, 4) is 0 Å². The van der Waals surface area contributed by atoms with Crippen molar-refractivity contribution in [1.29, 1.82) is 0 Å². The first kappa shape index (κ1) is 15.8. The van der Waals surface area contributed by atoms with Gasteiger partial charge in [0.1, 0.15) is 0 Å². The zero-order valence-corrected chi connectivity index (χ0v) is 12.4. The maximum atomic E-state index is 11.9. The Hall–Kier alpha value is -1.59. The van der Waals surface area contributed by atoms with Gasteiger partial charge in [-0.05, 0) is 56.5 Å². The van der Waals surface area contributed by atoms with Gasteiger partial charge in [-0.15, -0.1) is 0 Å². The van der Waals surface area contributed by atoms with E-state index < -0.39 is 5.97 Å². The Balaban J connectivity index is 1.88. The molecule has 0 saturated carbocycles. The zero-order valence-electron chi connectivity index (χ0n) is 11.7. The average Bonchev–Trinajstić information content (AvgIpc) is 2.45. The van der Waals surface area contributed by atoms with Crippen LogP contribution in [-0.2, 0) is 4.79 Å². The first-order valence-electron chi connectivity index (χ1n) is 7.09. The Kier molecular flexibility index (Phi) is 5.59. The molecular formula is C15H19ClN2O3. The fourth-order valence-electron chi connectivity index (χ4n) is 2.51. The van der Waals surface area contributed by atoms with Crippen LogP contribution in [0.4, 0.5) is 5.69 Å². The third-order valence-corrected chi connectivity index (χ3v) is 3.89. The van der Waals surface area contributed by atoms with Gasteiger partial charge in [-0.2, -0.15) is 0 Å². The van der Waals surface area contributed by atoms with Crippen LogP contribution in [0.5, 0.6) is 0 Å². The van der Waals surface area contributed by atoms with Gasteiger partial charge in [0, 0.05) is 17.1 Å². The van der Waals surface area contributed by atoms with Gasteiger partial charge < -0.3 is 15.7 Å². The summed E-state index contributed by atoms with van der Waals surface area (Å²) in [5, 5.41) is 15.3. The Morgan fingerprint density at radius 2 is 2.00 bits per heavy atom. The SMILES string of the molecule is O=C(CCC1CCNCC1)Nc1cc(Cl)cc(C(=O)O)c1. The molecule has 1 aromatic rings. The first-order chi connectivity index (χ1) is 10.0. The molecule has 0 radical (unpaired) electrons. The molecule has 1 fully saturated rings. The molecule has 6 heteroatoms. The minimum atomic E-state index is -1.07. The number of aromatic carboxylic acids is 1. The van der Waals surface area contributed by atoms with Crippen molar-refractivity contribution in [3.05, 3.63) is 28.8 Å². The molecule has 3 N–H and O–H groups in total. The molecule has 0 spiro atoms. The van der Waals surface area contributed by atoms with E-state index in [4.69, 9.17) is 16.7 Å². The van der Waals surface area contributed by atoms with E-state index in [2.05, 4.69) is 10.6 Å². The van der Waals surface area contributed by atoms with Crippen LogP contribution in [-0.4, -0.2) is 30.1 Å². The molecule has 1 heterocycles. The molecule has 0 aliphatic carbocycles. The van der Waals surface area contributed by atoms with Crippen LogP contribution in [0.15, 0.2) is 18.2 Å². The predicted octanol–water partition coefficient (Wildman–Crippen LogP) is 2.76. The van der Waals surface area contributed by atoms with E-state index in [0.717, 1.165) is 32.4 Å². The van der Waals surface area contributed by atoms with E-state index in [1.54, 1.807) is 6.07 Å². The molecule has 2 rings (SSSR count). The molecule has 1 saturated heterocycles. The number of nitrogens with one attached hydrogen (secondary N) is 2. The van der Waals surface area contributed by atoms with Gasteiger partial charge in [0.15, 0.2) is 0 Å². The van der Waals surface area contributed by atoms with Crippen molar-refractivity contribution < 1.29 is 14.7 Å². The van der Waals surface area contributed by atoms with Gasteiger partial charge in [0.2, 0.25) is 5.91 Å². The van der Waals surface area contributed by atoms with E-state index in [0.29, 0.717) is 23.0 Å². The monoisotopic (exact) mass is 310 g/mol. The molecule has 0 unspecified atom stereocenters. The van der Waals surface area contributed by atoms with Crippen LogP contribution in [0.25, 0.3) is 0 Å². The number of hydrogen-bond acceptors (Lipinski definition) is 3. The molecule has 5 nitrogen and oxygen atoms in total. The number of carboxylic acid groups (broad SMARTS) is 1. The maximum Gasteiger partial charge on any atom is 0.335 e. The van der Waals surface area contributed by atoms with E-state index in [-0.39, 0.29) is 11.5 Å². The first-order valence-corrected chi connectivity index (χ1v) is 7.47. The van der Waals surface area contributed by atoms with Crippen molar-refractivity contribution in [1.82, 2.24) is 5.32 Å². The summed E-state index contributed by atoms with van der Waals surface area (Å²) in [6, 6.07) is 4.32. The molecule has 21 heavy (non-hydrogen) atoms. The number of carboxylic acids is 1. The summed E-state index contributed by atoms with van der Waals surface area (Å²) in [5.41, 5.74) is 0.492. The van der Waals surface area contributed by atoms with E-state index in [1.165, 1.54) is 12.1 Å². The highest BCUT2D eigenvalue weighted by atomic mass is 35.5. The molecule has 0 aromatic heterocycles. The van der Waals surface area contributed by atoms with E-state index in [9.17, 15) is 9.59 Å². The van der Waals surface area contributed by atoms with Crippen molar-refractivity contribution in [3.63, 3.8) is 0 Å². The second-order valence-electron chi connectivity index (χ2n) is 5.31. The lowest BCUT2D eigenvalue weighted by Gasteiger charge is -2.22. The third-order valence-electron chi connectivity index (χ3n) is 3.67. The molecule has 1 aliphatic heterocycles. The molecule has 0 bridgehead atoms. The molecule has 114 valence electrons. The maximum absolute atomic E-state index is 11.9. The van der Waals surface area contributed by atoms with Crippen LogP contribution in [0, 0.1) is 5.92 Å². The van der Waals surface area contributed by atoms with Crippen LogP contribution < -0.4 is 10.6 Å². The lowest BCUT2D eigenvalue weighted by atomic mass is 9.93. The van der Waals surface area contributed by atoms with Gasteiger partial charge in [-0.1, -0.05) is 11.6 Å². The van der Waals surface area contributed by atoms with Crippen molar-refractivity contribution >= 4 is 29.2 Å². The Morgan fingerprint density at radius 1 is 1.29 bits per heavy atom. The smallest absolute Gasteiger partial charge is 0.335 e. The average molecular weight is 311 g/mol. The summed E-state index contributed by atoms with van der Waals surface area (Å²) in [6.07, 6.45) is 3.51. The summed E-state index contributed by atoms with van der Waals surface area (Å²) in [4.78, 5) is 22.9. The van der Waals surface area contributed by atoms with Crippen molar-refractivity contribution in [2.75, 3.05) is 18.4 Å². The molecule has 1 aliphatic rings. The fraction of sp³-hybridized carbons (Fsp3) is 0.467. The topological polar surface area (TPSA) is 78.4 Å². The van der Waals surface area contributed by atoms with Crippen LogP contribution in [0.1, 0.15) is 36.0 Å². The summed E-state index contributed by atoms with van der Waals surface area (Å²) in [6.45, 7) is 2.03. The minimum absolute atomic E-state index is 0.0659. The summed E-state index contributed by atoms with van der Waals surface area (Å²) in [7, 11) is 0. The molecular weight excluding hydrogens is 292 g/mol. The van der Waals surface area contributed by atoms with Gasteiger partial charge in [-0.25, -0.2) is 4.79 Å². The highest BCUT2D eigenvalue weighted by Crippen LogP contribution is 2.21. The normalized spacial score (nSPS) is 15.7. The quantitative estimate of drug-likeness (QED) is 0.781. The number of piperidine rings is 1. The lowest BCUT2D eigenvalue weighted by Crippen LogP contribution is -2.28. The minimum Gasteiger partial charge on any atom is -0.478 e. The van der Waals surface area contributed by atoms with Crippen LogP contribution in [0.3, 0.4) is 0 Å². The van der Waals surface area contributed by atoms with Crippen LogP contribution in [0.2, 0.25) is 5.02 Å². The number of hydrogen-bond donors (Lipinski definition) is 3. The number of rotatable bonds is 5. The molecule has 1 aromatic carbocycles. The number of benzene rings is 1. The van der Waals surface area contributed by atoms with Gasteiger partial charge in [0.25, 0.3) is 0 Å². The second kappa shape index (κ2) is 7.43. The van der Waals surface area contributed by atoms with Crippen LogP contribution >= 0.6 is 11.6 Å². The Morgan fingerprint density at radius 3 is 2.67 bits per heavy atom. The van der Waals surface area contributed by atoms with E-state index in [1.807, 2.05) is 0 Å². The largest absolute Gasteiger partial charge is 0.478 e. The molecule has 0 atom stereocenters. The summed E-state index contributed by atoms with van der Waals surface area (Å²) in [5.74, 6) is -0.583. The predicted molar refractivity (Wildman–Crippen MR) is 81.9 cm³/mol. The Labute approximate surface area is 128 Å². The third kappa shape index (κ3) is 5.02. The highest BCUT2D eigenvalue weighted by molar-refractivity contribution is 6.31. The van der Waals surface area contributed by atoms with Crippen molar-refractivity contribution in [2.45, 2.75) is 25.7 Å². The lowest BCUT2D eigenvalue weighted by molar-refractivity contribution is -0.116. The van der Waals surface area contributed by atoms with Crippen molar-refractivity contribution in [2.24, 2.45) is 5.92 Å². The van der Waals surface area contributed by atoms with Gasteiger partial charge >= 0.3 is 5.97 Å². The fourth-order valence-corrected chi connectivity index (χ4v) is 2.75. The Bertz CT molecular complexity index is 528. The van der Waals surface area contributed by atoms with Gasteiger partial charge in [-0.3, -0.25) is 4.79 Å². The number of amides is 1. The van der Waals surface area contributed by atoms with Gasteiger partial charge in [0.05, 0.1) is 5.56 Å². The number of anilines is 1. The zero-order chi connectivity index (χ0) is 15.2. The second-order valence-corrected chi connectivity index (χ2v) is 5.75. The summed E-state index contributed by atoms with van der Waals surface area (Å²) >= 11 is 5.85. The molecule has 1 amide bonds.